The highest BCUT2D eigenvalue weighted by atomic mass is 79.9. The average Bonchev–Trinajstić information content (AvgIpc) is 3.08. The predicted molar refractivity (Wildman–Crippen MR) is 95.5 cm³/mol. The van der Waals surface area contributed by atoms with Crippen LogP contribution in [0.5, 0.6) is 0 Å². The summed E-state index contributed by atoms with van der Waals surface area (Å²) in [5.41, 5.74) is 5.03. The van der Waals surface area contributed by atoms with Crippen LogP contribution in [0.15, 0.2) is 16.7 Å². The molecule has 2 aliphatic rings. The van der Waals surface area contributed by atoms with Gasteiger partial charge in [0.1, 0.15) is 5.69 Å². The van der Waals surface area contributed by atoms with E-state index in [4.69, 9.17) is 0 Å². The molecule has 1 aliphatic carbocycles. The first-order valence-electron chi connectivity index (χ1n) is 8.64. The second-order valence-corrected chi connectivity index (χ2v) is 7.65. The van der Waals surface area contributed by atoms with Crippen LogP contribution in [0.2, 0.25) is 0 Å². The monoisotopic (exact) mass is 424 g/mol. The van der Waals surface area contributed by atoms with Crippen molar-refractivity contribution in [2.75, 3.05) is 6.54 Å². The number of halogens is 1. The second-order valence-electron chi connectivity index (χ2n) is 6.73. The van der Waals surface area contributed by atoms with E-state index in [1.807, 2.05) is 0 Å². The van der Waals surface area contributed by atoms with Crippen molar-refractivity contribution in [3.05, 3.63) is 22.4 Å². The first-order chi connectivity index (χ1) is 12.4. The lowest BCUT2D eigenvalue weighted by Gasteiger charge is -2.19. The molecule has 0 bridgehead atoms. The molecular weight excluding hydrogens is 404 g/mol. The number of likely N-dealkylation sites (tertiary alicyclic amines) is 1. The largest absolute Gasteiger partial charge is 0.345 e. The van der Waals surface area contributed by atoms with Crippen LogP contribution in [0.25, 0.3) is 0 Å². The molecule has 2 atom stereocenters. The molecule has 2 N–H and O–H groups in total. The number of hydrazine groups is 1. The van der Waals surface area contributed by atoms with Crippen molar-refractivity contribution in [1.82, 2.24) is 20.3 Å². The number of nitrogens with one attached hydrogen (secondary N) is 2. The van der Waals surface area contributed by atoms with Gasteiger partial charge in [0, 0.05) is 30.7 Å². The average molecular weight is 425 g/mol. The summed E-state index contributed by atoms with van der Waals surface area (Å²) >= 11 is 3.27. The van der Waals surface area contributed by atoms with Crippen molar-refractivity contribution in [2.24, 2.45) is 18.9 Å². The Morgan fingerprint density at radius 1 is 1.15 bits per heavy atom. The van der Waals surface area contributed by atoms with Crippen molar-refractivity contribution in [1.29, 1.82) is 0 Å². The molecule has 8 nitrogen and oxygen atoms in total. The van der Waals surface area contributed by atoms with Gasteiger partial charge in [0.2, 0.25) is 17.7 Å². The van der Waals surface area contributed by atoms with Crippen LogP contribution in [-0.2, 0) is 21.4 Å². The Morgan fingerprint density at radius 3 is 2.31 bits per heavy atom. The van der Waals surface area contributed by atoms with E-state index in [9.17, 15) is 19.2 Å². The molecule has 1 aromatic rings. The minimum Gasteiger partial charge on any atom is -0.345 e. The van der Waals surface area contributed by atoms with Crippen molar-refractivity contribution < 1.29 is 19.2 Å². The van der Waals surface area contributed by atoms with Crippen LogP contribution in [0, 0.1) is 11.8 Å². The van der Waals surface area contributed by atoms with Gasteiger partial charge >= 0.3 is 0 Å². The zero-order valence-corrected chi connectivity index (χ0v) is 16.0. The quantitative estimate of drug-likeness (QED) is 0.558. The zero-order chi connectivity index (χ0) is 18.8. The topological polar surface area (TPSA) is 101 Å². The molecule has 1 aliphatic heterocycles. The van der Waals surface area contributed by atoms with Gasteiger partial charge in [0.15, 0.2) is 0 Å². The van der Waals surface area contributed by atoms with Crippen LogP contribution in [0.4, 0.5) is 0 Å². The van der Waals surface area contributed by atoms with E-state index in [0.717, 1.165) is 30.2 Å². The highest BCUT2D eigenvalue weighted by Gasteiger charge is 2.47. The van der Waals surface area contributed by atoms with Gasteiger partial charge in [-0.05, 0) is 34.8 Å². The molecule has 140 valence electrons. The highest BCUT2D eigenvalue weighted by Crippen LogP contribution is 2.37. The summed E-state index contributed by atoms with van der Waals surface area (Å²) in [5.74, 6) is -1.66. The SMILES string of the molecule is Cn1cc(Br)cc1C(=O)NNC(=O)CCN1C(=O)[C@H]2CCCC[C@@H]2C1=O. The molecule has 1 saturated heterocycles. The van der Waals surface area contributed by atoms with E-state index >= 15 is 0 Å². The smallest absolute Gasteiger partial charge is 0.286 e. The fourth-order valence-electron chi connectivity index (χ4n) is 3.67. The number of nitrogens with zero attached hydrogens (tertiary/aromatic N) is 2. The third-order valence-corrected chi connectivity index (χ3v) is 5.45. The molecule has 0 unspecified atom stereocenters. The number of carbonyl (C=O) groups excluding carboxylic acids is 4. The van der Waals surface area contributed by atoms with Crippen LogP contribution >= 0.6 is 15.9 Å². The lowest BCUT2D eigenvalue weighted by Crippen LogP contribution is -2.44. The van der Waals surface area contributed by atoms with E-state index in [0.29, 0.717) is 5.69 Å². The number of hydrogen-bond acceptors (Lipinski definition) is 4. The van der Waals surface area contributed by atoms with E-state index in [1.54, 1.807) is 23.9 Å². The predicted octanol–water partition coefficient (Wildman–Crippen LogP) is 1.11. The van der Waals surface area contributed by atoms with Gasteiger partial charge in [-0.2, -0.15) is 0 Å². The van der Waals surface area contributed by atoms with Crippen LogP contribution in [0.1, 0.15) is 42.6 Å². The number of rotatable bonds is 4. The summed E-state index contributed by atoms with van der Waals surface area (Å²) in [5, 5.41) is 0. The standard InChI is InChI=1S/C17H21BrN4O4/c1-21-9-10(18)8-13(21)15(24)20-19-14(23)6-7-22-16(25)11-4-2-3-5-12(11)17(22)26/h8-9,11-12H,2-7H2,1H3,(H,19,23)(H,20,24)/t11-,12-/m0/s1. The van der Waals surface area contributed by atoms with Gasteiger partial charge in [-0.25, -0.2) is 0 Å². The van der Waals surface area contributed by atoms with Crippen LogP contribution in [0.3, 0.4) is 0 Å². The fourth-order valence-corrected chi connectivity index (χ4v) is 4.19. The molecule has 3 rings (SSSR count). The van der Waals surface area contributed by atoms with E-state index in [2.05, 4.69) is 26.8 Å². The zero-order valence-electron chi connectivity index (χ0n) is 14.5. The molecular formula is C17H21BrN4O4. The number of imide groups is 1. The Labute approximate surface area is 159 Å². The normalized spacial score (nSPS) is 22.3. The number of amides is 4. The summed E-state index contributed by atoms with van der Waals surface area (Å²) in [7, 11) is 1.71. The van der Waals surface area contributed by atoms with Gasteiger partial charge in [-0.1, -0.05) is 12.8 Å². The van der Waals surface area contributed by atoms with E-state index in [1.165, 1.54) is 4.90 Å². The molecule has 0 aromatic carbocycles. The Morgan fingerprint density at radius 2 is 1.77 bits per heavy atom. The van der Waals surface area contributed by atoms with Crippen LogP contribution < -0.4 is 10.9 Å². The minimum atomic E-state index is -0.456. The number of carbonyl (C=O) groups is 4. The van der Waals surface area contributed by atoms with Crippen molar-refractivity contribution in [2.45, 2.75) is 32.1 Å². The highest BCUT2D eigenvalue weighted by molar-refractivity contribution is 9.10. The molecule has 0 radical (unpaired) electrons. The van der Waals surface area contributed by atoms with Crippen molar-refractivity contribution in [3.8, 4) is 0 Å². The summed E-state index contributed by atoms with van der Waals surface area (Å²) < 4.78 is 2.37. The Bertz CT molecular complexity index is 736. The lowest BCUT2D eigenvalue weighted by atomic mass is 9.81. The van der Waals surface area contributed by atoms with Gasteiger partial charge in [-0.3, -0.25) is 34.9 Å². The van der Waals surface area contributed by atoms with Gasteiger partial charge in [-0.15, -0.1) is 0 Å². The number of aryl methyl sites for hydroxylation is 1. The first-order valence-corrected chi connectivity index (χ1v) is 9.44. The summed E-state index contributed by atoms with van der Waals surface area (Å²) in [4.78, 5) is 49.9. The number of fused-ring (bicyclic) bond motifs is 1. The molecule has 2 heterocycles. The van der Waals surface area contributed by atoms with Gasteiger partial charge in [0.05, 0.1) is 11.8 Å². The van der Waals surface area contributed by atoms with E-state index < -0.39 is 11.8 Å². The van der Waals surface area contributed by atoms with Crippen molar-refractivity contribution >= 4 is 39.6 Å². The Hall–Kier alpha value is -2.16. The van der Waals surface area contributed by atoms with Gasteiger partial charge in [0.25, 0.3) is 5.91 Å². The molecule has 2 fully saturated rings. The molecule has 1 aromatic heterocycles. The lowest BCUT2D eigenvalue weighted by molar-refractivity contribution is -0.140. The number of hydrogen-bond donors (Lipinski definition) is 2. The fraction of sp³-hybridized carbons (Fsp3) is 0.529. The maximum absolute atomic E-state index is 12.4. The maximum Gasteiger partial charge on any atom is 0.286 e. The van der Waals surface area contributed by atoms with E-state index in [-0.39, 0.29) is 36.6 Å². The third-order valence-electron chi connectivity index (χ3n) is 5.01. The minimum absolute atomic E-state index is 0.0437. The van der Waals surface area contributed by atoms with Crippen molar-refractivity contribution in [3.63, 3.8) is 0 Å². The third kappa shape index (κ3) is 3.67. The Balaban J connectivity index is 1.48. The molecule has 26 heavy (non-hydrogen) atoms. The Kier molecular flexibility index (Phi) is 5.45. The molecule has 9 heteroatoms. The van der Waals surface area contributed by atoms with Crippen LogP contribution in [-0.4, -0.2) is 39.6 Å². The first kappa shape index (κ1) is 18.6. The summed E-state index contributed by atoms with van der Waals surface area (Å²) in [6.45, 7) is 0.0437. The molecule has 0 spiro atoms. The number of aromatic nitrogens is 1. The second kappa shape index (κ2) is 7.61. The maximum atomic E-state index is 12.4. The molecule has 4 amide bonds. The summed E-state index contributed by atoms with van der Waals surface area (Å²) in [6, 6.07) is 1.63. The van der Waals surface area contributed by atoms with Gasteiger partial charge < -0.3 is 4.57 Å². The molecule has 1 saturated carbocycles. The summed E-state index contributed by atoms with van der Waals surface area (Å²) in [6.07, 6.45) is 5.11.